The molecule has 0 saturated heterocycles. The second-order valence-corrected chi connectivity index (χ2v) is 5.42. The summed E-state index contributed by atoms with van der Waals surface area (Å²) in [6.45, 7) is 6.04. The maximum absolute atomic E-state index is 4.40. The summed E-state index contributed by atoms with van der Waals surface area (Å²) < 4.78 is 0. The fourth-order valence-electron chi connectivity index (χ4n) is 2.13. The second-order valence-electron chi connectivity index (χ2n) is 4.64. The molecule has 5 heteroatoms. The number of hydrogen-bond donors (Lipinski definition) is 2. The van der Waals surface area contributed by atoms with Gasteiger partial charge in [-0.1, -0.05) is 13.3 Å². The lowest BCUT2D eigenvalue weighted by molar-refractivity contribution is 0.892. The van der Waals surface area contributed by atoms with Gasteiger partial charge < -0.3 is 10.6 Å². The highest BCUT2D eigenvalue weighted by Gasteiger charge is 2.09. The number of rotatable bonds is 8. The minimum atomic E-state index is 0.877. The molecule has 4 nitrogen and oxygen atoms in total. The van der Waals surface area contributed by atoms with Crippen molar-refractivity contribution in [2.24, 2.45) is 0 Å². The fourth-order valence-corrected chi connectivity index (χ4v) is 2.83. The highest BCUT2D eigenvalue weighted by atomic mass is 32.1. The average Bonchev–Trinajstić information content (AvgIpc) is 2.96. The average molecular weight is 290 g/mol. The van der Waals surface area contributed by atoms with Gasteiger partial charge in [-0.05, 0) is 42.2 Å². The molecule has 2 aromatic rings. The van der Waals surface area contributed by atoms with Gasteiger partial charge in [0, 0.05) is 18.7 Å². The highest BCUT2D eigenvalue weighted by molar-refractivity contribution is 7.07. The molecular weight excluding hydrogens is 268 g/mol. The van der Waals surface area contributed by atoms with Crippen molar-refractivity contribution in [3.8, 4) is 0 Å². The van der Waals surface area contributed by atoms with E-state index in [4.69, 9.17) is 0 Å². The summed E-state index contributed by atoms with van der Waals surface area (Å²) in [5.74, 6) is 1.93. The smallest absolute Gasteiger partial charge is 0.134 e. The maximum atomic E-state index is 4.40. The summed E-state index contributed by atoms with van der Waals surface area (Å²) >= 11 is 1.74. The fraction of sp³-hybridized carbons (Fsp3) is 0.467. The molecule has 0 spiro atoms. The van der Waals surface area contributed by atoms with Crippen LogP contribution in [0.1, 0.15) is 31.4 Å². The van der Waals surface area contributed by atoms with Crippen LogP contribution in [0.3, 0.4) is 0 Å². The lowest BCUT2D eigenvalue weighted by atomic mass is 10.1. The van der Waals surface area contributed by atoms with Gasteiger partial charge in [0.15, 0.2) is 0 Å². The van der Waals surface area contributed by atoms with Gasteiger partial charge in [0.1, 0.15) is 18.0 Å². The van der Waals surface area contributed by atoms with Crippen LogP contribution in [-0.2, 0) is 12.8 Å². The van der Waals surface area contributed by atoms with E-state index in [0.717, 1.165) is 44.0 Å². The first-order chi connectivity index (χ1) is 9.85. The van der Waals surface area contributed by atoms with Gasteiger partial charge in [-0.2, -0.15) is 11.3 Å². The lowest BCUT2D eigenvalue weighted by Crippen LogP contribution is -2.12. The van der Waals surface area contributed by atoms with Crippen LogP contribution in [-0.4, -0.2) is 23.1 Å². The normalized spacial score (nSPS) is 10.5. The van der Waals surface area contributed by atoms with Crippen molar-refractivity contribution in [3.05, 3.63) is 34.3 Å². The third-order valence-corrected chi connectivity index (χ3v) is 3.81. The van der Waals surface area contributed by atoms with Gasteiger partial charge in [-0.3, -0.25) is 0 Å². The number of hydrogen-bond acceptors (Lipinski definition) is 5. The minimum absolute atomic E-state index is 0.877. The van der Waals surface area contributed by atoms with E-state index in [1.165, 1.54) is 11.1 Å². The summed E-state index contributed by atoms with van der Waals surface area (Å²) in [5, 5.41) is 11.1. The molecule has 2 aromatic heterocycles. The predicted octanol–water partition coefficient (Wildman–Crippen LogP) is 3.58. The Balaban J connectivity index is 2.03. The van der Waals surface area contributed by atoms with E-state index in [1.54, 1.807) is 17.7 Å². The Bertz CT molecular complexity index is 511. The zero-order valence-corrected chi connectivity index (χ0v) is 13.0. The molecule has 0 aliphatic carbocycles. The summed E-state index contributed by atoms with van der Waals surface area (Å²) in [4.78, 5) is 8.74. The van der Waals surface area contributed by atoms with E-state index in [1.807, 2.05) is 0 Å². The number of aromatic nitrogens is 2. The molecule has 0 amide bonds. The standard InChI is InChI=1S/C15H22N4S/c1-3-5-13-14(16-4-2)18-11-19-15(13)17-8-6-12-7-9-20-10-12/h7,9-11H,3-6,8H2,1-2H3,(H2,16,17,18,19). The van der Waals surface area contributed by atoms with Crippen LogP contribution in [0.4, 0.5) is 11.6 Å². The van der Waals surface area contributed by atoms with Crippen molar-refractivity contribution in [2.45, 2.75) is 33.1 Å². The van der Waals surface area contributed by atoms with Gasteiger partial charge in [-0.15, -0.1) is 0 Å². The molecule has 0 bridgehead atoms. The molecule has 2 rings (SSSR count). The Morgan fingerprint density at radius 3 is 2.55 bits per heavy atom. The lowest BCUT2D eigenvalue weighted by Gasteiger charge is -2.14. The molecule has 2 heterocycles. The number of thiophene rings is 1. The number of nitrogens with one attached hydrogen (secondary N) is 2. The third-order valence-electron chi connectivity index (χ3n) is 3.08. The van der Waals surface area contributed by atoms with Crippen molar-refractivity contribution in [1.82, 2.24) is 9.97 Å². The van der Waals surface area contributed by atoms with Gasteiger partial charge >= 0.3 is 0 Å². The van der Waals surface area contributed by atoms with E-state index in [-0.39, 0.29) is 0 Å². The van der Waals surface area contributed by atoms with Gasteiger partial charge in [0.2, 0.25) is 0 Å². The van der Waals surface area contributed by atoms with Crippen molar-refractivity contribution in [2.75, 3.05) is 23.7 Å². The van der Waals surface area contributed by atoms with Crippen LogP contribution in [0.25, 0.3) is 0 Å². The molecule has 0 aromatic carbocycles. The summed E-state index contributed by atoms with van der Waals surface area (Å²) in [6.07, 6.45) is 4.73. The second kappa shape index (κ2) is 7.85. The zero-order chi connectivity index (χ0) is 14.2. The molecule has 0 saturated carbocycles. The quantitative estimate of drug-likeness (QED) is 0.780. The Morgan fingerprint density at radius 1 is 1.10 bits per heavy atom. The Hall–Kier alpha value is -1.62. The number of nitrogens with zero attached hydrogens (tertiary/aromatic N) is 2. The largest absolute Gasteiger partial charge is 0.370 e. The van der Waals surface area contributed by atoms with E-state index < -0.39 is 0 Å². The van der Waals surface area contributed by atoms with Crippen LogP contribution >= 0.6 is 11.3 Å². The maximum Gasteiger partial charge on any atom is 0.134 e. The zero-order valence-electron chi connectivity index (χ0n) is 12.1. The Kier molecular flexibility index (Phi) is 5.80. The van der Waals surface area contributed by atoms with E-state index in [9.17, 15) is 0 Å². The molecule has 108 valence electrons. The van der Waals surface area contributed by atoms with Crippen LogP contribution in [0.15, 0.2) is 23.2 Å². The van der Waals surface area contributed by atoms with Crippen LogP contribution < -0.4 is 10.6 Å². The van der Waals surface area contributed by atoms with Crippen molar-refractivity contribution in [1.29, 1.82) is 0 Å². The van der Waals surface area contributed by atoms with Crippen molar-refractivity contribution in [3.63, 3.8) is 0 Å². The first-order valence-electron chi connectivity index (χ1n) is 7.17. The van der Waals surface area contributed by atoms with Crippen molar-refractivity contribution < 1.29 is 0 Å². The Labute approximate surface area is 124 Å². The van der Waals surface area contributed by atoms with Gasteiger partial charge in [0.25, 0.3) is 0 Å². The number of anilines is 2. The van der Waals surface area contributed by atoms with Crippen LogP contribution in [0, 0.1) is 0 Å². The highest BCUT2D eigenvalue weighted by Crippen LogP contribution is 2.21. The SMILES string of the molecule is CCCc1c(NCC)ncnc1NCCc1ccsc1. The molecule has 0 unspecified atom stereocenters. The molecule has 0 aliphatic rings. The molecule has 0 radical (unpaired) electrons. The molecule has 0 aliphatic heterocycles. The van der Waals surface area contributed by atoms with Gasteiger partial charge in [-0.25, -0.2) is 9.97 Å². The molecule has 0 fully saturated rings. The monoisotopic (exact) mass is 290 g/mol. The molecule has 2 N–H and O–H groups in total. The summed E-state index contributed by atoms with van der Waals surface area (Å²) in [6, 6.07) is 2.17. The summed E-state index contributed by atoms with van der Waals surface area (Å²) in [5.41, 5.74) is 2.57. The van der Waals surface area contributed by atoms with E-state index in [0.29, 0.717) is 0 Å². The molecule has 0 atom stereocenters. The first-order valence-corrected chi connectivity index (χ1v) is 8.12. The van der Waals surface area contributed by atoms with Crippen LogP contribution in [0.2, 0.25) is 0 Å². The molecular formula is C15H22N4S. The molecule has 20 heavy (non-hydrogen) atoms. The topological polar surface area (TPSA) is 49.8 Å². The third kappa shape index (κ3) is 3.93. The van der Waals surface area contributed by atoms with Gasteiger partial charge in [0.05, 0.1) is 0 Å². The van der Waals surface area contributed by atoms with Crippen LogP contribution in [0.5, 0.6) is 0 Å². The predicted molar refractivity (Wildman–Crippen MR) is 86.7 cm³/mol. The minimum Gasteiger partial charge on any atom is -0.370 e. The Morgan fingerprint density at radius 2 is 1.90 bits per heavy atom. The van der Waals surface area contributed by atoms with Crippen molar-refractivity contribution >= 4 is 23.0 Å². The summed E-state index contributed by atoms with van der Waals surface area (Å²) in [7, 11) is 0. The first kappa shape index (κ1) is 14.8. The van der Waals surface area contributed by atoms with E-state index in [2.05, 4.69) is 51.3 Å². The van der Waals surface area contributed by atoms with E-state index >= 15 is 0 Å².